The van der Waals surface area contributed by atoms with E-state index in [4.69, 9.17) is 9.47 Å². The molecule has 2 aromatic heterocycles. The lowest BCUT2D eigenvalue weighted by Crippen LogP contribution is -2.42. The lowest BCUT2D eigenvalue weighted by molar-refractivity contribution is -0.144. The average Bonchev–Trinajstić information content (AvgIpc) is 3.38. The van der Waals surface area contributed by atoms with Crippen LogP contribution in [0.3, 0.4) is 0 Å². The second-order valence-electron chi connectivity index (χ2n) is 10.2. The van der Waals surface area contributed by atoms with Crippen LogP contribution in [-0.4, -0.2) is 64.7 Å². The molecule has 1 N–H and O–H groups in total. The maximum atomic E-state index is 12.2. The van der Waals surface area contributed by atoms with Gasteiger partial charge in [-0.05, 0) is 52.5 Å². The summed E-state index contributed by atoms with van der Waals surface area (Å²) in [6, 6.07) is 2.03. The summed E-state index contributed by atoms with van der Waals surface area (Å²) >= 11 is 0. The van der Waals surface area contributed by atoms with Crippen molar-refractivity contribution in [1.82, 2.24) is 19.9 Å². The molecule has 190 valence electrons. The predicted octanol–water partition coefficient (Wildman–Crippen LogP) is 2.86. The molecule has 3 aliphatic rings. The Bertz CT molecular complexity index is 1090. The molecule has 2 saturated heterocycles. The lowest BCUT2D eigenvalue weighted by atomic mass is 9.87. The summed E-state index contributed by atoms with van der Waals surface area (Å²) in [5, 5.41) is 0. The first-order valence-electron chi connectivity index (χ1n) is 12.5. The topological polar surface area (TPSA) is 101 Å². The minimum Gasteiger partial charge on any atom is -0.481 e. The fraction of sp³-hybridized carbons (Fsp3) is 0.615. The maximum Gasteiger partial charge on any atom is 0.255 e. The van der Waals surface area contributed by atoms with Gasteiger partial charge in [-0.25, -0.2) is 9.97 Å². The van der Waals surface area contributed by atoms with Gasteiger partial charge in [0.15, 0.2) is 0 Å². The van der Waals surface area contributed by atoms with Crippen molar-refractivity contribution in [2.75, 3.05) is 38.3 Å². The molecule has 1 atom stereocenters. The van der Waals surface area contributed by atoms with E-state index in [9.17, 15) is 9.59 Å². The Morgan fingerprint density at radius 1 is 1.23 bits per heavy atom. The molecule has 9 heteroatoms. The van der Waals surface area contributed by atoms with Gasteiger partial charge in [-0.2, -0.15) is 0 Å². The summed E-state index contributed by atoms with van der Waals surface area (Å²) in [4.78, 5) is 39.3. The Labute approximate surface area is 206 Å². The van der Waals surface area contributed by atoms with Gasteiger partial charge in [0.25, 0.3) is 5.56 Å². The zero-order valence-electron chi connectivity index (χ0n) is 21.3. The molecular weight excluding hydrogens is 446 g/mol. The van der Waals surface area contributed by atoms with E-state index in [1.54, 1.807) is 13.3 Å². The number of rotatable bonds is 3. The molecule has 2 fully saturated rings. The van der Waals surface area contributed by atoms with Crippen LogP contribution in [0.4, 0.5) is 5.69 Å². The molecule has 0 aromatic carbocycles. The van der Waals surface area contributed by atoms with Gasteiger partial charge in [0.05, 0.1) is 48.7 Å². The number of H-pyrrole nitrogens is 1. The third kappa shape index (κ3) is 6.01. The van der Waals surface area contributed by atoms with Crippen LogP contribution < -0.4 is 15.2 Å². The predicted molar refractivity (Wildman–Crippen MR) is 134 cm³/mol. The molecule has 5 heterocycles. The highest BCUT2D eigenvalue weighted by molar-refractivity contribution is 5.79. The van der Waals surface area contributed by atoms with E-state index in [0.29, 0.717) is 18.3 Å². The highest BCUT2D eigenvalue weighted by Gasteiger charge is 2.35. The SMILES string of the molecule is CC1(C)CC(C(=O)N2CCCC2)CCO1.COc1ncc(N2CCc3nc[nH]c(=O)c3C2)cc1C. The lowest BCUT2D eigenvalue weighted by Gasteiger charge is -2.36. The monoisotopic (exact) mass is 483 g/mol. The highest BCUT2D eigenvalue weighted by Crippen LogP contribution is 2.30. The molecule has 5 rings (SSSR count). The summed E-state index contributed by atoms with van der Waals surface area (Å²) in [5.74, 6) is 1.20. The van der Waals surface area contributed by atoms with Gasteiger partial charge in [0.2, 0.25) is 11.8 Å². The number of amides is 1. The van der Waals surface area contributed by atoms with Gasteiger partial charge >= 0.3 is 0 Å². The van der Waals surface area contributed by atoms with Crippen molar-refractivity contribution in [2.45, 2.75) is 65.0 Å². The van der Waals surface area contributed by atoms with Crippen LogP contribution in [0.15, 0.2) is 23.4 Å². The van der Waals surface area contributed by atoms with Crippen molar-refractivity contribution in [3.8, 4) is 5.88 Å². The first-order chi connectivity index (χ1) is 16.8. The number of ether oxygens (including phenoxy) is 2. The van der Waals surface area contributed by atoms with Crippen LogP contribution in [0, 0.1) is 12.8 Å². The Hall–Kier alpha value is -2.94. The van der Waals surface area contributed by atoms with Crippen LogP contribution >= 0.6 is 0 Å². The van der Waals surface area contributed by atoms with Crippen molar-refractivity contribution in [3.63, 3.8) is 0 Å². The molecule has 0 saturated carbocycles. The van der Waals surface area contributed by atoms with Crippen molar-refractivity contribution < 1.29 is 14.3 Å². The minimum atomic E-state index is -0.113. The number of pyridine rings is 1. The van der Waals surface area contributed by atoms with Crippen LogP contribution in [0.5, 0.6) is 5.88 Å². The Morgan fingerprint density at radius 3 is 2.69 bits per heavy atom. The Morgan fingerprint density at radius 2 is 2.00 bits per heavy atom. The van der Waals surface area contributed by atoms with Crippen LogP contribution in [0.25, 0.3) is 0 Å². The first kappa shape index (κ1) is 25.2. The number of methoxy groups -OCH3 is 1. The molecule has 2 aromatic rings. The van der Waals surface area contributed by atoms with E-state index in [2.05, 4.69) is 33.7 Å². The minimum absolute atomic E-state index is 0.0575. The standard InChI is InChI=1S/C14H16N4O2.C12H21NO2/c1-9-5-10(6-15-14(9)20-2)18-4-3-12-11(7-18)13(19)17-8-16-12;1-12(2)9-10(5-8-15-12)11(14)13-6-3-4-7-13/h5-6,8H,3-4,7H2,1-2H3,(H,16,17,19);10H,3-9H2,1-2H3. The Kier molecular flexibility index (Phi) is 7.74. The van der Waals surface area contributed by atoms with Gasteiger partial charge in [-0.3, -0.25) is 9.59 Å². The van der Waals surface area contributed by atoms with Crippen molar-refractivity contribution >= 4 is 11.6 Å². The van der Waals surface area contributed by atoms with E-state index in [1.165, 1.54) is 19.2 Å². The number of carbonyl (C=O) groups is 1. The number of nitrogens with one attached hydrogen (secondary N) is 1. The van der Waals surface area contributed by atoms with Gasteiger partial charge in [-0.1, -0.05) is 0 Å². The zero-order chi connectivity index (χ0) is 25.0. The van der Waals surface area contributed by atoms with Gasteiger partial charge in [-0.15, -0.1) is 0 Å². The normalized spacial score (nSPS) is 21.1. The molecule has 1 amide bonds. The van der Waals surface area contributed by atoms with E-state index in [0.717, 1.165) is 68.0 Å². The smallest absolute Gasteiger partial charge is 0.255 e. The van der Waals surface area contributed by atoms with Crippen molar-refractivity contribution in [2.24, 2.45) is 5.92 Å². The summed E-state index contributed by atoms with van der Waals surface area (Å²) in [5.41, 5.74) is 3.44. The number of anilines is 1. The highest BCUT2D eigenvalue weighted by atomic mass is 16.5. The van der Waals surface area contributed by atoms with Crippen molar-refractivity contribution in [1.29, 1.82) is 0 Å². The summed E-state index contributed by atoms with van der Waals surface area (Å²) in [6.07, 6.45) is 8.15. The number of carbonyl (C=O) groups excluding carboxylic acids is 1. The fourth-order valence-electron chi connectivity index (χ4n) is 5.15. The molecular formula is C26H37N5O4. The van der Waals surface area contributed by atoms with Crippen LogP contribution in [0.1, 0.15) is 56.4 Å². The molecule has 35 heavy (non-hydrogen) atoms. The quantitative estimate of drug-likeness (QED) is 0.716. The average molecular weight is 484 g/mol. The molecule has 1 unspecified atom stereocenters. The molecule has 0 bridgehead atoms. The summed E-state index contributed by atoms with van der Waals surface area (Å²) in [7, 11) is 1.61. The molecule has 9 nitrogen and oxygen atoms in total. The van der Waals surface area contributed by atoms with E-state index >= 15 is 0 Å². The number of hydrogen-bond donors (Lipinski definition) is 1. The second-order valence-corrected chi connectivity index (χ2v) is 10.2. The van der Waals surface area contributed by atoms with Crippen molar-refractivity contribution in [3.05, 3.63) is 45.8 Å². The summed E-state index contributed by atoms with van der Waals surface area (Å²) in [6.45, 7) is 10.2. The number of aromatic amines is 1. The maximum absolute atomic E-state index is 12.2. The van der Waals surface area contributed by atoms with Crippen LogP contribution in [-0.2, 0) is 22.5 Å². The number of fused-ring (bicyclic) bond motifs is 1. The molecule has 0 aliphatic carbocycles. The zero-order valence-corrected chi connectivity index (χ0v) is 21.3. The van der Waals surface area contributed by atoms with Crippen LogP contribution in [0.2, 0.25) is 0 Å². The van der Waals surface area contributed by atoms with Gasteiger partial charge < -0.3 is 24.3 Å². The summed E-state index contributed by atoms with van der Waals surface area (Å²) < 4.78 is 10.8. The number of hydrogen-bond acceptors (Lipinski definition) is 7. The molecule has 0 spiro atoms. The molecule has 3 aliphatic heterocycles. The van der Waals surface area contributed by atoms with Gasteiger partial charge in [0.1, 0.15) is 0 Å². The fourth-order valence-corrected chi connectivity index (χ4v) is 5.15. The largest absolute Gasteiger partial charge is 0.481 e. The molecule has 0 radical (unpaired) electrons. The number of aryl methyl sites for hydroxylation is 1. The number of aromatic nitrogens is 3. The third-order valence-electron chi connectivity index (χ3n) is 7.04. The first-order valence-corrected chi connectivity index (χ1v) is 12.5. The number of likely N-dealkylation sites (tertiary alicyclic amines) is 1. The number of nitrogens with zero attached hydrogens (tertiary/aromatic N) is 4. The van der Waals surface area contributed by atoms with E-state index < -0.39 is 0 Å². The van der Waals surface area contributed by atoms with E-state index in [1.807, 2.05) is 17.9 Å². The van der Waals surface area contributed by atoms with Gasteiger partial charge in [0, 0.05) is 44.1 Å². The Balaban J connectivity index is 0.000000172. The second kappa shape index (κ2) is 10.8. The third-order valence-corrected chi connectivity index (χ3v) is 7.04. The van der Waals surface area contributed by atoms with E-state index in [-0.39, 0.29) is 17.1 Å².